The summed E-state index contributed by atoms with van der Waals surface area (Å²) in [7, 11) is 0. The Hall–Kier alpha value is 0.194. The predicted molar refractivity (Wildman–Crippen MR) is 72.9 cm³/mol. The van der Waals surface area contributed by atoms with Gasteiger partial charge in [-0.05, 0) is 0 Å². The van der Waals surface area contributed by atoms with E-state index < -0.39 is 0 Å². The first kappa shape index (κ1) is 91.6. The molecule has 0 aromatic rings. The van der Waals surface area contributed by atoms with Crippen LogP contribution in [0.5, 0.6) is 0 Å². The van der Waals surface area contributed by atoms with E-state index in [0.29, 0.717) is 0 Å². The second-order valence-corrected chi connectivity index (χ2v) is 1.00. The summed E-state index contributed by atoms with van der Waals surface area (Å²) in [5, 5.41) is 0. The van der Waals surface area contributed by atoms with E-state index in [0.717, 1.165) is 6.42 Å². The molecule has 0 saturated heterocycles. The average Bonchev–Trinajstić information content (AvgIpc) is 1.76. The largest absolute Gasteiger partial charge is 0.358 e. The van der Waals surface area contributed by atoms with Gasteiger partial charge < -0.3 is 59.4 Å². The molecule has 0 heterocycles. The Bertz CT molecular complexity index is 63.3. The summed E-state index contributed by atoms with van der Waals surface area (Å²) in [6.07, 6.45) is 10.0. The Balaban J connectivity index is -0.00000000397. The summed E-state index contributed by atoms with van der Waals surface area (Å²) in [6, 6.07) is 0. The molecule has 1 aliphatic rings. The van der Waals surface area contributed by atoms with Gasteiger partial charge >= 0.3 is 0 Å². The van der Waals surface area contributed by atoms with Gasteiger partial charge in [0.2, 0.25) is 0 Å². The Morgan fingerprint density at radius 3 is 1.14 bits per heavy atom. The summed E-state index contributed by atoms with van der Waals surface area (Å²) in [4.78, 5) is 0. The van der Waals surface area contributed by atoms with Gasteiger partial charge in [0.25, 0.3) is 0 Å². The van der Waals surface area contributed by atoms with E-state index in [9.17, 15) is 0 Å². The van der Waals surface area contributed by atoms with Crippen LogP contribution in [-0.4, -0.2) is 0 Å². The molecule has 0 nitrogen and oxygen atoms in total. The van der Waals surface area contributed by atoms with Crippen LogP contribution < -0.4 is 0 Å². The van der Waals surface area contributed by atoms with Crippen molar-refractivity contribution < 1.29 is 21.7 Å². The molecule has 0 aliphatic heterocycles. The molecule has 1 rings (SSSR count). The zero-order valence-corrected chi connectivity index (χ0v) is 13.0. The molecule has 0 N–H and O–H groups in total. The second kappa shape index (κ2) is 72.7. The summed E-state index contributed by atoms with van der Waals surface area (Å²) in [5.74, 6) is 0. The first-order chi connectivity index (χ1) is 2.50. The smallest absolute Gasteiger partial charge is 0 e. The molecule has 0 unspecified atom stereocenters. The van der Waals surface area contributed by atoms with Gasteiger partial charge in [-0.25, -0.2) is 12.2 Å². The first-order valence-corrected chi connectivity index (χ1v) is 1.72. The monoisotopic (exact) mass is 233 g/mol. The minimum absolute atomic E-state index is 0. The third-order valence-corrected chi connectivity index (χ3v) is 0.586. The maximum Gasteiger partial charge on any atom is 0 e. The van der Waals surface area contributed by atoms with Gasteiger partial charge in [0.1, 0.15) is 0 Å². The van der Waals surface area contributed by atoms with Crippen molar-refractivity contribution >= 4 is 0 Å². The normalized spacial score (nSPS) is 6.29. The summed E-state index contributed by atoms with van der Waals surface area (Å²) < 4.78 is 0. The van der Waals surface area contributed by atoms with E-state index in [1.54, 1.807) is 0 Å². The standard InChI is InChI=1S/C5H5.8CH3.Ti/c1-2-4-5-3-1;;;;;;;;;/h1-3H,4H2;8*1H3;/q9*-1;. The molecule has 0 atom stereocenters. The van der Waals surface area contributed by atoms with Crippen LogP contribution in [0.1, 0.15) is 6.42 Å². The van der Waals surface area contributed by atoms with E-state index in [1.807, 2.05) is 12.2 Å². The average molecular weight is 233 g/mol. The van der Waals surface area contributed by atoms with Crippen LogP contribution in [0.4, 0.5) is 0 Å². The van der Waals surface area contributed by atoms with Gasteiger partial charge in [0.15, 0.2) is 0 Å². The Morgan fingerprint density at radius 1 is 0.714 bits per heavy atom. The van der Waals surface area contributed by atoms with Crippen LogP contribution >= 0.6 is 0 Å². The molecule has 14 heavy (non-hydrogen) atoms. The van der Waals surface area contributed by atoms with Gasteiger partial charge in [0, 0.05) is 21.7 Å². The van der Waals surface area contributed by atoms with Crippen molar-refractivity contribution in [3.63, 3.8) is 0 Å². The Morgan fingerprint density at radius 2 is 1.07 bits per heavy atom. The fourth-order valence-corrected chi connectivity index (χ4v) is 0.340. The number of hydrogen-bond acceptors (Lipinski definition) is 0. The number of rotatable bonds is 0. The molecule has 0 spiro atoms. The third-order valence-electron chi connectivity index (χ3n) is 0.586. The van der Waals surface area contributed by atoms with Gasteiger partial charge in [0.05, 0.1) is 0 Å². The van der Waals surface area contributed by atoms with Crippen LogP contribution in [0.25, 0.3) is 0 Å². The maximum absolute atomic E-state index is 2.99. The van der Waals surface area contributed by atoms with Gasteiger partial charge in [-0.15, -0.1) is 6.42 Å². The van der Waals surface area contributed by atoms with Crippen molar-refractivity contribution in [2.75, 3.05) is 0 Å². The molecule has 1 aliphatic carbocycles. The quantitative estimate of drug-likeness (QED) is 0.412. The zero-order chi connectivity index (χ0) is 3.54. The molecule has 0 bridgehead atoms. The first-order valence-electron chi connectivity index (χ1n) is 1.72. The molecule has 0 fully saturated rings. The summed E-state index contributed by atoms with van der Waals surface area (Å²) in [6.45, 7) is 0. The molecular formula is C13H29Ti-9. The Labute approximate surface area is 112 Å². The van der Waals surface area contributed by atoms with Crippen LogP contribution in [-0.2, 0) is 21.7 Å². The van der Waals surface area contributed by atoms with E-state index in [4.69, 9.17) is 0 Å². The fraction of sp³-hybridized carbons (Fsp3) is 0.0769. The van der Waals surface area contributed by atoms with Crippen molar-refractivity contribution in [1.29, 1.82) is 0 Å². The van der Waals surface area contributed by atoms with E-state index >= 15 is 0 Å². The van der Waals surface area contributed by atoms with Crippen molar-refractivity contribution in [3.8, 4) is 0 Å². The third kappa shape index (κ3) is 56.6. The van der Waals surface area contributed by atoms with E-state index in [1.165, 1.54) is 0 Å². The zero-order valence-electron chi connectivity index (χ0n) is 11.4. The number of allylic oxidation sites excluding steroid dienone is 4. The molecule has 0 aromatic heterocycles. The molecule has 94 valence electrons. The molecule has 0 amide bonds. The molecule has 1 heteroatoms. The predicted octanol–water partition coefficient (Wildman–Crippen LogP) is 4.91. The van der Waals surface area contributed by atoms with Gasteiger partial charge in [-0.1, -0.05) is 0 Å². The van der Waals surface area contributed by atoms with E-state index in [-0.39, 0.29) is 81.1 Å². The summed E-state index contributed by atoms with van der Waals surface area (Å²) in [5.41, 5.74) is 0. The molecular weight excluding hydrogens is 204 g/mol. The Kier molecular flexibility index (Phi) is 476. The van der Waals surface area contributed by atoms with Crippen molar-refractivity contribution in [1.82, 2.24) is 0 Å². The number of hydrogen-bond donors (Lipinski definition) is 0. The minimum Gasteiger partial charge on any atom is -0.358 e. The molecule has 0 saturated carbocycles. The van der Waals surface area contributed by atoms with E-state index in [2.05, 4.69) is 12.2 Å². The van der Waals surface area contributed by atoms with Crippen LogP contribution in [0.3, 0.4) is 0 Å². The van der Waals surface area contributed by atoms with Gasteiger partial charge in [-0.2, -0.15) is 6.08 Å². The topological polar surface area (TPSA) is 0 Å². The second-order valence-electron chi connectivity index (χ2n) is 1.00. The maximum atomic E-state index is 2.99. The fourth-order valence-electron chi connectivity index (χ4n) is 0.340. The molecule has 0 radical (unpaired) electrons. The SMILES string of the molecule is [C-]1=CC=CC1.[CH3-].[CH3-].[CH3-].[CH3-].[CH3-].[CH3-].[CH3-].[CH3-].[Ti]. The van der Waals surface area contributed by atoms with Crippen LogP contribution in [0.15, 0.2) is 18.2 Å². The van der Waals surface area contributed by atoms with Crippen LogP contribution in [0, 0.1) is 65.5 Å². The molecule has 0 aromatic carbocycles. The van der Waals surface area contributed by atoms with Crippen LogP contribution in [0.2, 0.25) is 0 Å². The minimum atomic E-state index is 0. The van der Waals surface area contributed by atoms with Crippen molar-refractivity contribution in [2.24, 2.45) is 0 Å². The van der Waals surface area contributed by atoms with Gasteiger partial charge in [-0.3, -0.25) is 6.08 Å². The van der Waals surface area contributed by atoms with Crippen molar-refractivity contribution in [3.05, 3.63) is 83.7 Å². The summed E-state index contributed by atoms with van der Waals surface area (Å²) >= 11 is 0. The van der Waals surface area contributed by atoms with Crippen molar-refractivity contribution in [2.45, 2.75) is 6.42 Å².